The molecule has 0 spiro atoms. The van der Waals surface area contributed by atoms with Crippen molar-refractivity contribution < 1.29 is 28.8 Å². The van der Waals surface area contributed by atoms with Gasteiger partial charge in [-0.1, -0.05) is 48.5 Å². The highest BCUT2D eigenvalue weighted by Gasteiger charge is 2.37. The zero-order valence-electron chi connectivity index (χ0n) is 20.9. The molecule has 0 atom stereocenters. The van der Waals surface area contributed by atoms with Crippen LogP contribution < -0.4 is 19.7 Å². The molecule has 4 aromatic carbocycles. The molecular weight excluding hydrogens is 629 g/mol. The topological polar surface area (TPSA) is 128 Å². The van der Waals surface area contributed by atoms with Crippen LogP contribution in [0.2, 0.25) is 0 Å². The minimum absolute atomic E-state index is 0.0422. The lowest BCUT2D eigenvalue weighted by Crippen LogP contribution is -2.54. The van der Waals surface area contributed by atoms with Crippen LogP contribution in [0.5, 0.6) is 11.5 Å². The summed E-state index contributed by atoms with van der Waals surface area (Å²) in [5.74, 6) is -0.929. The standard InChI is InChI=1S/C29H20IN3O7/c1-39-25-14-17(13-24(30)26(25)40-16-19-8-4-7-18-6-2-3-11-22(18)19)12-23-27(34)31-29(36)32(28(23)35)20-9-5-10-21(15-20)33(37)38/h2-15H,16H2,1H3,(H,31,34,36)/b23-12+. The Morgan fingerprint density at radius 1 is 1.00 bits per heavy atom. The van der Waals surface area contributed by atoms with E-state index in [1.165, 1.54) is 31.4 Å². The van der Waals surface area contributed by atoms with Crippen molar-refractivity contribution in [2.45, 2.75) is 6.61 Å². The molecule has 0 unspecified atom stereocenters. The number of methoxy groups -OCH3 is 1. The number of barbiturate groups is 1. The molecule has 1 aliphatic rings. The number of benzene rings is 4. The summed E-state index contributed by atoms with van der Waals surface area (Å²) in [5.41, 5.74) is 0.773. The number of fused-ring (bicyclic) bond motifs is 1. The number of hydrogen-bond acceptors (Lipinski definition) is 7. The van der Waals surface area contributed by atoms with E-state index in [1.807, 2.05) is 42.5 Å². The Hall–Kier alpha value is -4.78. The van der Waals surface area contributed by atoms with E-state index in [-0.39, 0.29) is 23.6 Å². The molecule has 5 rings (SSSR count). The normalized spacial score (nSPS) is 14.4. The van der Waals surface area contributed by atoms with E-state index in [0.717, 1.165) is 22.4 Å². The lowest BCUT2D eigenvalue weighted by atomic mass is 10.1. The number of nitrogens with zero attached hydrogens (tertiary/aromatic N) is 2. The van der Waals surface area contributed by atoms with Crippen molar-refractivity contribution in [1.29, 1.82) is 0 Å². The van der Waals surface area contributed by atoms with E-state index < -0.39 is 22.8 Å². The van der Waals surface area contributed by atoms with Gasteiger partial charge in [0, 0.05) is 12.1 Å². The number of non-ortho nitro benzene ring substituents is 1. The largest absolute Gasteiger partial charge is 0.493 e. The van der Waals surface area contributed by atoms with Crippen molar-refractivity contribution in [1.82, 2.24) is 5.32 Å². The molecule has 1 N–H and O–H groups in total. The minimum Gasteiger partial charge on any atom is -0.493 e. The maximum absolute atomic E-state index is 13.3. The van der Waals surface area contributed by atoms with Gasteiger partial charge in [0.25, 0.3) is 17.5 Å². The number of carbonyl (C=O) groups is 3. The predicted molar refractivity (Wildman–Crippen MR) is 156 cm³/mol. The highest BCUT2D eigenvalue weighted by molar-refractivity contribution is 14.1. The molecule has 10 nitrogen and oxygen atoms in total. The number of imide groups is 2. The highest BCUT2D eigenvalue weighted by Crippen LogP contribution is 2.36. The summed E-state index contributed by atoms with van der Waals surface area (Å²) in [6, 6.07) is 21.3. The van der Waals surface area contributed by atoms with Gasteiger partial charge < -0.3 is 9.47 Å². The summed E-state index contributed by atoms with van der Waals surface area (Å²) in [4.78, 5) is 49.6. The second kappa shape index (κ2) is 11.1. The third kappa shape index (κ3) is 5.23. The Labute approximate surface area is 241 Å². The molecule has 1 saturated heterocycles. The summed E-state index contributed by atoms with van der Waals surface area (Å²) in [6.07, 6.45) is 1.33. The molecule has 0 saturated carbocycles. The van der Waals surface area contributed by atoms with Gasteiger partial charge in [-0.15, -0.1) is 0 Å². The number of nitrogens with one attached hydrogen (secondary N) is 1. The van der Waals surface area contributed by atoms with Crippen molar-refractivity contribution in [2.24, 2.45) is 0 Å². The van der Waals surface area contributed by atoms with Crippen LogP contribution in [-0.2, 0) is 16.2 Å². The Morgan fingerprint density at radius 3 is 2.52 bits per heavy atom. The number of nitro benzene ring substituents is 1. The average Bonchev–Trinajstić information content (AvgIpc) is 2.94. The van der Waals surface area contributed by atoms with Gasteiger partial charge in [-0.3, -0.25) is 25.0 Å². The predicted octanol–water partition coefficient (Wildman–Crippen LogP) is 5.61. The molecular formula is C29H20IN3O7. The van der Waals surface area contributed by atoms with E-state index in [4.69, 9.17) is 9.47 Å². The molecule has 0 aromatic heterocycles. The quantitative estimate of drug-likeness (QED) is 0.0907. The van der Waals surface area contributed by atoms with E-state index in [0.29, 0.717) is 25.5 Å². The second-order valence-corrected chi connectivity index (χ2v) is 9.86. The van der Waals surface area contributed by atoms with E-state index in [9.17, 15) is 24.5 Å². The number of carbonyl (C=O) groups excluding carboxylic acids is 3. The molecule has 0 radical (unpaired) electrons. The number of rotatable bonds is 7. The fraction of sp³-hybridized carbons (Fsp3) is 0.0690. The Balaban J connectivity index is 1.45. The van der Waals surface area contributed by atoms with Gasteiger partial charge in [-0.2, -0.15) is 0 Å². The highest BCUT2D eigenvalue weighted by atomic mass is 127. The van der Waals surface area contributed by atoms with Crippen LogP contribution in [0.1, 0.15) is 11.1 Å². The van der Waals surface area contributed by atoms with Gasteiger partial charge in [0.05, 0.1) is 21.3 Å². The smallest absolute Gasteiger partial charge is 0.335 e. The van der Waals surface area contributed by atoms with Crippen molar-refractivity contribution in [3.05, 3.63) is 109 Å². The van der Waals surface area contributed by atoms with Gasteiger partial charge in [0.15, 0.2) is 11.5 Å². The third-order valence-corrected chi connectivity index (χ3v) is 7.02. The van der Waals surface area contributed by atoms with E-state index >= 15 is 0 Å². The first-order valence-corrected chi connectivity index (χ1v) is 13.0. The van der Waals surface area contributed by atoms with E-state index in [1.54, 1.807) is 12.1 Å². The first-order valence-electron chi connectivity index (χ1n) is 11.9. The average molecular weight is 649 g/mol. The number of urea groups is 1. The number of nitro groups is 1. The maximum atomic E-state index is 13.3. The summed E-state index contributed by atoms with van der Waals surface area (Å²) in [6.45, 7) is 0.287. The Kier molecular flexibility index (Phi) is 7.47. The summed E-state index contributed by atoms with van der Waals surface area (Å²) >= 11 is 2.08. The van der Waals surface area contributed by atoms with Crippen LogP contribution in [0.25, 0.3) is 16.8 Å². The van der Waals surface area contributed by atoms with Gasteiger partial charge >= 0.3 is 6.03 Å². The zero-order chi connectivity index (χ0) is 28.4. The number of ether oxygens (including phenoxy) is 2. The lowest BCUT2D eigenvalue weighted by Gasteiger charge is -2.26. The number of halogens is 1. The van der Waals surface area contributed by atoms with Crippen molar-refractivity contribution >= 4 is 68.7 Å². The summed E-state index contributed by atoms with van der Waals surface area (Å²) < 4.78 is 12.4. The molecule has 1 heterocycles. The number of hydrogen-bond donors (Lipinski definition) is 1. The summed E-state index contributed by atoms with van der Waals surface area (Å²) in [5, 5.41) is 15.5. The molecule has 1 fully saturated rings. The van der Waals surface area contributed by atoms with Crippen molar-refractivity contribution in [3.8, 4) is 11.5 Å². The minimum atomic E-state index is -1.00. The van der Waals surface area contributed by atoms with Crippen molar-refractivity contribution in [3.63, 3.8) is 0 Å². The monoisotopic (exact) mass is 649 g/mol. The fourth-order valence-corrected chi connectivity index (χ4v) is 5.12. The van der Waals surface area contributed by atoms with Crippen LogP contribution in [0.3, 0.4) is 0 Å². The second-order valence-electron chi connectivity index (χ2n) is 8.70. The van der Waals surface area contributed by atoms with Crippen molar-refractivity contribution in [2.75, 3.05) is 12.0 Å². The number of amides is 4. The Bertz CT molecular complexity index is 1730. The maximum Gasteiger partial charge on any atom is 0.335 e. The molecule has 4 amide bonds. The van der Waals surface area contributed by atoms with Gasteiger partial charge in [-0.05, 0) is 68.8 Å². The molecule has 0 bridgehead atoms. The molecule has 11 heteroatoms. The molecule has 0 aliphatic carbocycles. The Morgan fingerprint density at radius 2 is 1.75 bits per heavy atom. The van der Waals surface area contributed by atoms with E-state index in [2.05, 4.69) is 27.9 Å². The van der Waals surface area contributed by atoms with Crippen LogP contribution in [0.4, 0.5) is 16.2 Å². The first-order chi connectivity index (χ1) is 19.3. The van der Waals surface area contributed by atoms with Gasteiger partial charge in [0.1, 0.15) is 12.2 Å². The zero-order valence-corrected chi connectivity index (χ0v) is 23.1. The fourth-order valence-electron chi connectivity index (χ4n) is 4.34. The molecule has 40 heavy (non-hydrogen) atoms. The lowest BCUT2D eigenvalue weighted by molar-refractivity contribution is -0.384. The molecule has 4 aromatic rings. The van der Waals surface area contributed by atoms with Gasteiger partial charge in [-0.25, -0.2) is 9.69 Å². The van der Waals surface area contributed by atoms with Crippen LogP contribution in [0, 0.1) is 13.7 Å². The SMILES string of the molecule is COc1cc(/C=C2\C(=O)NC(=O)N(c3cccc([N+](=O)[O-])c3)C2=O)cc(I)c1OCc1cccc2ccccc12. The van der Waals surface area contributed by atoms with Crippen LogP contribution in [0.15, 0.2) is 84.4 Å². The third-order valence-electron chi connectivity index (χ3n) is 6.22. The first kappa shape index (κ1) is 26.8. The van der Waals surface area contributed by atoms with Crippen LogP contribution in [-0.4, -0.2) is 29.9 Å². The molecule has 200 valence electrons. The number of anilines is 1. The summed E-state index contributed by atoms with van der Waals surface area (Å²) in [7, 11) is 1.48. The molecule has 1 aliphatic heterocycles. The van der Waals surface area contributed by atoms with Gasteiger partial charge in [0.2, 0.25) is 0 Å². The van der Waals surface area contributed by atoms with Crippen LogP contribution >= 0.6 is 22.6 Å².